The Morgan fingerprint density at radius 3 is 2.42 bits per heavy atom. The summed E-state index contributed by atoms with van der Waals surface area (Å²) in [7, 11) is -2.80. The molecule has 0 saturated heterocycles. The lowest BCUT2D eigenvalue weighted by Crippen LogP contribution is -2.47. The van der Waals surface area contributed by atoms with Crippen molar-refractivity contribution in [3.63, 3.8) is 0 Å². The van der Waals surface area contributed by atoms with Gasteiger partial charge in [0.05, 0.1) is 35.2 Å². The van der Waals surface area contributed by atoms with Crippen LogP contribution in [0.4, 0.5) is 17.1 Å². The Labute approximate surface area is 180 Å². The summed E-state index contributed by atoms with van der Waals surface area (Å²) in [4.78, 5) is 35.6. The summed E-state index contributed by atoms with van der Waals surface area (Å²) in [5.41, 5.74) is 0.422. The Morgan fingerprint density at radius 2 is 1.87 bits per heavy atom. The van der Waals surface area contributed by atoms with Crippen LogP contribution in [0.5, 0.6) is 0 Å². The molecule has 1 amide bonds. The molecule has 10 nitrogen and oxygen atoms in total. The number of para-hydroxylation sites is 1. The van der Waals surface area contributed by atoms with E-state index in [1.165, 1.54) is 31.4 Å². The van der Waals surface area contributed by atoms with Gasteiger partial charge in [-0.2, -0.15) is 0 Å². The number of nitro benzene ring substituents is 1. The number of nitrogens with zero attached hydrogens (tertiary/aromatic N) is 2. The van der Waals surface area contributed by atoms with Crippen molar-refractivity contribution in [2.24, 2.45) is 0 Å². The molecule has 2 aromatic rings. The van der Waals surface area contributed by atoms with Crippen molar-refractivity contribution in [2.75, 3.05) is 23.0 Å². The zero-order chi connectivity index (χ0) is 23.3. The van der Waals surface area contributed by atoms with E-state index < -0.39 is 32.9 Å². The van der Waals surface area contributed by atoms with Crippen molar-refractivity contribution in [3.8, 4) is 0 Å². The van der Waals surface area contributed by atoms with E-state index in [9.17, 15) is 28.1 Å². The van der Waals surface area contributed by atoms with E-state index in [0.29, 0.717) is 5.56 Å². The molecule has 0 aliphatic heterocycles. The van der Waals surface area contributed by atoms with Gasteiger partial charge >= 0.3 is 5.97 Å². The standard InChI is InChI=1S/C20H23N3O7S/c1-5-17(19(24)21-16-9-7-6-8-15(16)20(25)30-3)22(31(4,28)29)18-12-14(23(26)27)11-10-13(18)2/h6-12,17H,5H2,1-4H3,(H,21,24)/t17-/m1/s1. The van der Waals surface area contributed by atoms with E-state index in [1.807, 2.05) is 0 Å². The minimum atomic E-state index is -4.00. The number of carbonyl (C=O) groups excluding carboxylic acids is 2. The molecule has 0 radical (unpaired) electrons. The first-order valence-corrected chi connectivity index (χ1v) is 11.1. The van der Waals surface area contributed by atoms with Gasteiger partial charge in [-0.15, -0.1) is 0 Å². The highest BCUT2D eigenvalue weighted by Crippen LogP contribution is 2.30. The number of aryl methyl sites for hydroxylation is 1. The number of amides is 1. The Bertz CT molecular complexity index is 1120. The summed E-state index contributed by atoms with van der Waals surface area (Å²) in [6, 6.07) is 8.71. The molecule has 0 aliphatic carbocycles. The van der Waals surface area contributed by atoms with Gasteiger partial charge < -0.3 is 10.1 Å². The van der Waals surface area contributed by atoms with Crippen LogP contribution < -0.4 is 9.62 Å². The molecule has 0 fully saturated rings. The highest BCUT2D eigenvalue weighted by atomic mass is 32.2. The molecule has 0 saturated carbocycles. The van der Waals surface area contributed by atoms with Gasteiger partial charge in [-0.25, -0.2) is 13.2 Å². The maximum atomic E-state index is 13.1. The van der Waals surface area contributed by atoms with Gasteiger partial charge in [0, 0.05) is 12.1 Å². The number of rotatable bonds is 8. The topological polar surface area (TPSA) is 136 Å². The molecular weight excluding hydrogens is 426 g/mol. The Morgan fingerprint density at radius 1 is 1.23 bits per heavy atom. The predicted octanol–water partition coefficient (Wildman–Crippen LogP) is 2.87. The largest absolute Gasteiger partial charge is 0.465 e. The van der Waals surface area contributed by atoms with E-state index in [-0.39, 0.29) is 29.0 Å². The van der Waals surface area contributed by atoms with Crippen LogP contribution >= 0.6 is 0 Å². The molecule has 1 atom stereocenters. The molecule has 11 heteroatoms. The quantitative estimate of drug-likeness (QED) is 0.372. The molecule has 0 bridgehead atoms. The second-order valence-electron chi connectivity index (χ2n) is 6.74. The fourth-order valence-electron chi connectivity index (χ4n) is 3.08. The maximum absolute atomic E-state index is 13.1. The zero-order valence-electron chi connectivity index (χ0n) is 17.5. The number of non-ortho nitro benzene ring substituents is 1. The summed E-state index contributed by atoms with van der Waals surface area (Å²) < 4.78 is 30.9. The third kappa shape index (κ3) is 5.37. The monoisotopic (exact) mass is 449 g/mol. The number of hydrogen-bond acceptors (Lipinski definition) is 7. The highest BCUT2D eigenvalue weighted by Gasteiger charge is 2.33. The molecular formula is C20H23N3O7S. The number of nitrogens with one attached hydrogen (secondary N) is 1. The van der Waals surface area contributed by atoms with Crippen LogP contribution in [0.1, 0.15) is 29.3 Å². The molecule has 0 heterocycles. The predicted molar refractivity (Wildman–Crippen MR) is 116 cm³/mol. The Kier molecular flexibility index (Phi) is 7.34. The molecule has 0 aromatic heterocycles. The molecule has 1 N–H and O–H groups in total. The summed E-state index contributed by atoms with van der Waals surface area (Å²) in [6.45, 7) is 3.20. The Hall–Kier alpha value is -3.47. The number of anilines is 2. The van der Waals surface area contributed by atoms with Crippen molar-refractivity contribution in [3.05, 3.63) is 63.7 Å². The van der Waals surface area contributed by atoms with Crippen LogP contribution in [0.2, 0.25) is 0 Å². The normalized spacial score (nSPS) is 12.0. The number of nitro groups is 1. The maximum Gasteiger partial charge on any atom is 0.339 e. The third-order valence-corrected chi connectivity index (χ3v) is 5.73. The van der Waals surface area contributed by atoms with Crippen molar-refractivity contribution in [1.82, 2.24) is 0 Å². The average Bonchev–Trinajstić information content (AvgIpc) is 2.71. The molecule has 2 aromatic carbocycles. The van der Waals surface area contributed by atoms with Crippen LogP contribution in [0.15, 0.2) is 42.5 Å². The van der Waals surface area contributed by atoms with E-state index in [2.05, 4.69) is 5.32 Å². The summed E-state index contributed by atoms with van der Waals surface area (Å²) in [6.07, 6.45) is 0.991. The van der Waals surface area contributed by atoms with Crippen molar-refractivity contribution in [1.29, 1.82) is 0 Å². The molecule has 0 spiro atoms. The van der Waals surface area contributed by atoms with Gasteiger partial charge in [0.15, 0.2) is 0 Å². The van der Waals surface area contributed by atoms with E-state index in [4.69, 9.17) is 4.74 Å². The molecule has 0 aliphatic rings. The van der Waals surface area contributed by atoms with Crippen LogP contribution in [0, 0.1) is 17.0 Å². The van der Waals surface area contributed by atoms with Crippen LogP contribution in [-0.4, -0.2) is 44.6 Å². The lowest BCUT2D eigenvalue weighted by Gasteiger charge is -2.31. The fourth-order valence-corrected chi connectivity index (χ4v) is 4.34. The third-order valence-electron chi connectivity index (χ3n) is 4.56. The second-order valence-corrected chi connectivity index (χ2v) is 8.60. The minimum absolute atomic E-state index is 0.0277. The van der Waals surface area contributed by atoms with Gasteiger partial charge in [-0.05, 0) is 31.0 Å². The second kappa shape index (κ2) is 9.56. The zero-order valence-corrected chi connectivity index (χ0v) is 18.3. The smallest absolute Gasteiger partial charge is 0.339 e. The van der Waals surface area contributed by atoms with Crippen molar-refractivity contribution in [2.45, 2.75) is 26.3 Å². The SMILES string of the molecule is CC[C@H](C(=O)Nc1ccccc1C(=O)OC)N(c1cc([N+](=O)[O-])ccc1C)S(C)(=O)=O. The van der Waals surface area contributed by atoms with E-state index >= 15 is 0 Å². The average molecular weight is 449 g/mol. The summed E-state index contributed by atoms with van der Waals surface area (Å²) >= 11 is 0. The highest BCUT2D eigenvalue weighted by molar-refractivity contribution is 7.92. The number of esters is 1. The Balaban J connectivity index is 2.53. The van der Waals surface area contributed by atoms with E-state index in [0.717, 1.165) is 16.6 Å². The number of methoxy groups -OCH3 is 1. The van der Waals surface area contributed by atoms with Gasteiger partial charge in [-0.1, -0.05) is 25.1 Å². The van der Waals surface area contributed by atoms with Crippen LogP contribution in [0.25, 0.3) is 0 Å². The molecule has 2 rings (SSSR count). The van der Waals surface area contributed by atoms with Crippen LogP contribution in [-0.2, 0) is 19.6 Å². The number of sulfonamides is 1. The summed E-state index contributed by atoms with van der Waals surface area (Å²) in [5.74, 6) is -1.37. The number of hydrogen-bond donors (Lipinski definition) is 1. The lowest BCUT2D eigenvalue weighted by molar-refractivity contribution is -0.384. The minimum Gasteiger partial charge on any atom is -0.465 e. The van der Waals surface area contributed by atoms with Gasteiger partial charge in [0.2, 0.25) is 15.9 Å². The lowest BCUT2D eigenvalue weighted by atomic mass is 10.1. The molecule has 31 heavy (non-hydrogen) atoms. The summed E-state index contributed by atoms with van der Waals surface area (Å²) in [5, 5.41) is 13.8. The van der Waals surface area contributed by atoms with E-state index in [1.54, 1.807) is 26.0 Å². The molecule has 0 unspecified atom stereocenters. The van der Waals surface area contributed by atoms with Gasteiger partial charge in [0.25, 0.3) is 5.69 Å². The number of carbonyl (C=O) groups is 2. The number of benzene rings is 2. The van der Waals surface area contributed by atoms with Crippen molar-refractivity contribution >= 4 is 39.0 Å². The van der Waals surface area contributed by atoms with Crippen LogP contribution in [0.3, 0.4) is 0 Å². The number of ether oxygens (including phenoxy) is 1. The first-order valence-electron chi connectivity index (χ1n) is 9.23. The van der Waals surface area contributed by atoms with Gasteiger partial charge in [0.1, 0.15) is 6.04 Å². The van der Waals surface area contributed by atoms with Gasteiger partial charge in [-0.3, -0.25) is 19.2 Å². The van der Waals surface area contributed by atoms with Crippen molar-refractivity contribution < 1.29 is 27.7 Å². The first-order chi connectivity index (χ1) is 14.5. The first kappa shape index (κ1) is 23.8. The molecule has 166 valence electrons. The fraction of sp³-hybridized carbons (Fsp3) is 0.300.